The molecule has 5 nitrogen and oxygen atoms in total. The van der Waals surface area contributed by atoms with Crippen LogP contribution in [-0.2, 0) is 0 Å². The van der Waals surface area contributed by atoms with Gasteiger partial charge in [0.2, 0.25) is 5.88 Å². The number of nitrogens with zero attached hydrogens (tertiary/aromatic N) is 2. The molecule has 2 N–H and O–H groups in total. The number of likely N-dealkylation sites (tertiary alicyclic amines) is 1. The fourth-order valence-electron chi connectivity index (χ4n) is 2.60. The number of amides is 1. The largest absolute Gasteiger partial charge is 0.472 e. The SMILES string of the molecule is Cc1ccnc(O[C@@H]2CCCN(C(=O)c3sccc3N)C2)c1. The highest BCUT2D eigenvalue weighted by Crippen LogP contribution is 2.24. The first-order chi connectivity index (χ1) is 10.6. The maximum Gasteiger partial charge on any atom is 0.266 e. The normalized spacial score (nSPS) is 18.2. The number of carbonyl (C=O) groups is 1. The third-order valence-electron chi connectivity index (χ3n) is 3.73. The highest BCUT2D eigenvalue weighted by molar-refractivity contribution is 7.12. The lowest BCUT2D eigenvalue weighted by atomic mass is 10.1. The van der Waals surface area contributed by atoms with E-state index in [0.717, 1.165) is 24.9 Å². The summed E-state index contributed by atoms with van der Waals surface area (Å²) in [4.78, 5) is 19.2. The van der Waals surface area contributed by atoms with Gasteiger partial charge in [-0.2, -0.15) is 0 Å². The van der Waals surface area contributed by atoms with Crippen molar-refractivity contribution in [3.8, 4) is 5.88 Å². The van der Waals surface area contributed by atoms with Gasteiger partial charge in [0.15, 0.2) is 0 Å². The molecule has 1 aliphatic heterocycles. The van der Waals surface area contributed by atoms with Gasteiger partial charge in [-0.05, 0) is 42.8 Å². The lowest BCUT2D eigenvalue weighted by molar-refractivity contribution is 0.0533. The van der Waals surface area contributed by atoms with Gasteiger partial charge in [-0.3, -0.25) is 4.79 Å². The molecule has 1 saturated heterocycles. The summed E-state index contributed by atoms with van der Waals surface area (Å²) in [6.45, 7) is 3.33. The van der Waals surface area contributed by atoms with E-state index in [-0.39, 0.29) is 12.0 Å². The van der Waals surface area contributed by atoms with E-state index in [0.29, 0.717) is 23.0 Å². The van der Waals surface area contributed by atoms with Crippen molar-refractivity contribution in [1.82, 2.24) is 9.88 Å². The Morgan fingerprint density at radius 2 is 2.36 bits per heavy atom. The Bertz CT molecular complexity index is 671. The van der Waals surface area contributed by atoms with Crippen LogP contribution in [0.15, 0.2) is 29.8 Å². The van der Waals surface area contributed by atoms with Crippen molar-refractivity contribution in [3.63, 3.8) is 0 Å². The molecule has 0 unspecified atom stereocenters. The van der Waals surface area contributed by atoms with Crippen molar-refractivity contribution >= 4 is 22.9 Å². The van der Waals surface area contributed by atoms with Crippen LogP contribution in [0.25, 0.3) is 0 Å². The minimum Gasteiger partial charge on any atom is -0.472 e. The number of ether oxygens (including phenoxy) is 1. The van der Waals surface area contributed by atoms with E-state index in [1.807, 2.05) is 29.3 Å². The van der Waals surface area contributed by atoms with Crippen LogP contribution in [-0.4, -0.2) is 35.0 Å². The van der Waals surface area contributed by atoms with E-state index < -0.39 is 0 Å². The third kappa shape index (κ3) is 3.22. The first kappa shape index (κ1) is 14.8. The van der Waals surface area contributed by atoms with Gasteiger partial charge in [0.1, 0.15) is 11.0 Å². The molecule has 0 spiro atoms. The lowest BCUT2D eigenvalue weighted by Crippen LogP contribution is -2.44. The van der Waals surface area contributed by atoms with E-state index in [2.05, 4.69) is 4.98 Å². The van der Waals surface area contributed by atoms with Crippen molar-refractivity contribution in [1.29, 1.82) is 0 Å². The predicted molar refractivity (Wildman–Crippen MR) is 87.3 cm³/mol. The summed E-state index contributed by atoms with van der Waals surface area (Å²) >= 11 is 1.39. The van der Waals surface area contributed by atoms with Crippen LogP contribution in [0.5, 0.6) is 5.88 Å². The third-order valence-corrected chi connectivity index (χ3v) is 4.65. The molecule has 0 aliphatic carbocycles. The summed E-state index contributed by atoms with van der Waals surface area (Å²) in [5, 5.41) is 1.84. The van der Waals surface area contributed by atoms with E-state index in [9.17, 15) is 4.79 Å². The number of rotatable bonds is 3. The maximum absolute atomic E-state index is 12.5. The van der Waals surface area contributed by atoms with Gasteiger partial charge in [-0.1, -0.05) is 0 Å². The molecule has 2 aromatic rings. The molecule has 0 aromatic carbocycles. The molecule has 3 rings (SSSR count). The van der Waals surface area contributed by atoms with Crippen molar-refractivity contribution in [2.24, 2.45) is 0 Å². The lowest BCUT2D eigenvalue weighted by Gasteiger charge is -2.32. The van der Waals surface area contributed by atoms with Crippen LogP contribution in [0.4, 0.5) is 5.69 Å². The first-order valence-electron chi connectivity index (χ1n) is 7.35. The van der Waals surface area contributed by atoms with Gasteiger partial charge < -0.3 is 15.4 Å². The van der Waals surface area contributed by atoms with Crippen molar-refractivity contribution in [2.45, 2.75) is 25.9 Å². The van der Waals surface area contributed by atoms with E-state index in [4.69, 9.17) is 10.5 Å². The van der Waals surface area contributed by atoms with Gasteiger partial charge in [0.25, 0.3) is 5.91 Å². The number of pyridine rings is 1. The minimum absolute atomic E-state index is 0.00185. The average Bonchev–Trinajstić information content (AvgIpc) is 2.93. The summed E-state index contributed by atoms with van der Waals surface area (Å²) in [6.07, 6.45) is 3.57. The molecule has 6 heteroatoms. The summed E-state index contributed by atoms with van der Waals surface area (Å²) in [6, 6.07) is 5.62. The maximum atomic E-state index is 12.5. The number of anilines is 1. The first-order valence-corrected chi connectivity index (χ1v) is 8.23. The zero-order valence-corrected chi connectivity index (χ0v) is 13.3. The zero-order chi connectivity index (χ0) is 15.5. The molecule has 1 aliphatic rings. The van der Waals surface area contributed by atoms with E-state index in [1.165, 1.54) is 11.3 Å². The number of aryl methyl sites for hydroxylation is 1. The smallest absolute Gasteiger partial charge is 0.266 e. The quantitative estimate of drug-likeness (QED) is 0.945. The van der Waals surface area contributed by atoms with Crippen LogP contribution in [0.1, 0.15) is 28.1 Å². The fourth-order valence-corrected chi connectivity index (χ4v) is 3.38. The Morgan fingerprint density at radius 1 is 1.50 bits per heavy atom. The van der Waals surface area contributed by atoms with Crippen LogP contribution in [0, 0.1) is 6.92 Å². The van der Waals surface area contributed by atoms with Gasteiger partial charge in [0, 0.05) is 18.8 Å². The molecule has 0 saturated carbocycles. The predicted octanol–water partition coefficient (Wildman–Crippen LogP) is 2.72. The number of carbonyl (C=O) groups excluding carboxylic acids is 1. The van der Waals surface area contributed by atoms with Crippen LogP contribution in [0.2, 0.25) is 0 Å². The van der Waals surface area contributed by atoms with Crippen molar-refractivity contribution in [2.75, 3.05) is 18.8 Å². The topological polar surface area (TPSA) is 68.5 Å². The Morgan fingerprint density at radius 3 is 3.09 bits per heavy atom. The number of aromatic nitrogens is 1. The molecular weight excluding hydrogens is 298 g/mol. The van der Waals surface area contributed by atoms with Gasteiger partial charge in [0.05, 0.1) is 12.2 Å². The van der Waals surface area contributed by atoms with Crippen LogP contribution in [0.3, 0.4) is 0 Å². The Hall–Kier alpha value is -2.08. The minimum atomic E-state index is -0.0202. The van der Waals surface area contributed by atoms with Gasteiger partial charge >= 0.3 is 0 Å². The monoisotopic (exact) mass is 317 g/mol. The second-order valence-electron chi connectivity index (χ2n) is 5.51. The number of thiophene rings is 1. The van der Waals surface area contributed by atoms with E-state index >= 15 is 0 Å². The molecule has 116 valence electrons. The summed E-state index contributed by atoms with van der Waals surface area (Å²) in [5.74, 6) is 0.618. The zero-order valence-electron chi connectivity index (χ0n) is 12.5. The highest BCUT2D eigenvalue weighted by Gasteiger charge is 2.27. The Labute approximate surface area is 133 Å². The Balaban J connectivity index is 1.67. The van der Waals surface area contributed by atoms with E-state index in [1.54, 1.807) is 12.3 Å². The number of hydrogen-bond acceptors (Lipinski definition) is 5. The molecule has 22 heavy (non-hydrogen) atoms. The van der Waals surface area contributed by atoms with Crippen LogP contribution >= 0.6 is 11.3 Å². The molecular formula is C16H19N3O2S. The fraction of sp³-hybridized carbons (Fsp3) is 0.375. The summed E-state index contributed by atoms with van der Waals surface area (Å²) in [5.41, 5.74) is 7.51. The molecule has 1 atom stereocenters. The van der Waals surface area contributed by atoms with Crippen LogP contribution < -0.4 is 10.5 Å². The Kier molecular flexibility index (Phi) is 4.29. The summed E-state index contributed by atoms with van der Waals surface area (Å²) < 4.78 is 5.93. The standard InChI is InChI=1S/C16H19N3O2S/c1-11-4-6-18-14(9-11)21-12-3-2-7-19(10-12)16(20)15-13(17)5-8-22-15/h4-6,8-9,12H,2-3,7,10,17H2,1H3/t12-/m1/s1. The molecule has 0 bridgehead atoms. The second-order valence-corrected chi connectivity index (χ2v) is 6.43. The average molecular weight is 317 g/mol. The number of nitrogen functional groups attached to an aromatic ring is 1. The van der Waals surface area contributed by atoms with Crippen molar-refractivity contribution < 1.29 is 9.53 Å². The number of nitrogens with two attached hydrogens (primary N) is 1. The van der Waals surface area contributed by atoms with Crippen molar-refractivity contribution in [3.05, 3.63) is 40.2 Å². The second kappa shape index (κ2) is 6.36. The molecule has 2 aromatic heterocycles. The summed E-state index contributed by atoms with van der Waals surface area (Å²) in [7, 11) is 0. The number of piperidine rings is 1. The molecule has 1 amide bonds. The molecule has 0 radical (unpaired) electrons. The number of hydrogen-bond donors (Lipinski definition) is 1. The molecule has 3 heterocycles. The molecule has 1 fully saturated rings. The highest BCUT2D eigenvalue weighted by atomic mass is 32.1. The van der Waals surface area contributed by atoms with Gasteiger partial charge in [-0.15, -0.1) is 11.3 Å². The van der Waals surface area contributed by atoms with Gasteiger partial charge in [-0.25, -0.2) is 4.98 Å².